The van der Waals surface area contributed by atoms with E-state index in [9.17, 15) is 4.39 Å². The van der Waals surface area contributed by atoms with Gasteiger partial charge in [0.15, 0.2) is 0 Å². The maximum absolute atomic E-state index is 12.9. The molecule has 86 valence electrons. The molecule has 3 heteroatoms. The summed E-state index contributed by atoms with van der Waals surface area (Å²) >= 11 is 5.71. The van der Waals surface area contributed by atoms with E-state index in [2.05, 4.69) is 12.2 Å². The number of nitrogens with one attached hydrogen (secondary N) is 1. The smallest absolute Gasteiger partial charge is 0.141 e. The van der Waals surface area contributed by atoms with Crippen LogP contribution in [0.5, 0.6) is 0 Å². The Morgan fingerprint density at radius 2 is 2.31 bits per heavy atom. The molecule has 1 nitrogen and oxygen atoms in total. The highest BCUT2D eigenvalue weighted by Crippen LogP contribution is 2.20. The largest absolute Gasteiger partial charge is 0.310 e. The Bertz CT molecular complexity index is 410. The van der Waals surface area contributed by atoms with Gasteiger partial charge in [0, 0.05) is 12.6 Å². The lowest BCUT2D eigenvalue weighted by molar-refractivity contribution is 0.628. The number of hydrogen-bond donors (Lipinski definition) is 1. The second kappa shape index (κ2) is 4.98. The van der Waals surface area contributed by atoms with E-state index < -0.39 is 0 Å². The van der Waals surface area contributed by atoms with Crippen molar-refractivity contribution in [3.63, 3.8) is 0 Å². The second-order valence-electron chi connectivity index (χ2n) is 4.32. The van der Waals surface area contributed by atoms with Gasteiger partial charge in [0.05, 0.1) is 5.02 Å². The summed E-state index contributed by atoms with van der Waals surface area (Å²) in [5.41, 5.74) is 2.18. The van der Waals surface area contributed by atoms with Crippen LogP contribution in [0.25, 0.3) is 6.08 Å². The fourth-order valence-electron chi connectivity index (χ4n) is 1.53. The first-order chi connectivity index (χ1) is 7.65. The average Bonchev–Trinajstić information content (AvgIpc) is 3.04. The van der Waals surface area contributed by atoms with Gasteiger partial charge >= 0.3 is 0 Å². The van der Waals surface area contributed by atoms with E-state index in [0.29, 0.717) is 6.04 Å². The van der Waals surface area contributed by atoms with Gasteiger partial charge in [-0.05, 0) is 37.5 Å². The molecule has 1 aromatic rings. The summed E-state index contributed by atoms with van der Waals surface area (Å²) in [6, 6.07) is 5.50. The van der Waals surface area contributed by atoms with E-state index in [4.69, 9.17) is 11.6 Å². The normalized spacial score (nSPS) is 16.6. The molecule has 1 aromatic carbocycles. The van der Waals surface area contributed by atoms with Crippen molar-refractivity contribution >= 4 is 17.7 Å². The first kappa shape index (κ1) is 11.6. The van der Waals surface area contributed by atoms with E-state index in [1.165, 1.54) is 24.5 Å². The van der Waals surface area contributed by atoms with E-state index in [1.807, 2.05) is 6.08 Å². The molecule has 0 atom stereocenters. The molecule has 2 rings (SSSR count). The van der Waals surface area contributed by atoms with Gasteiger partial charge in [-0.25, -0.2) is 4.39 Å². The Morgan fingerprint density at radius 1 is 1.56 bits per heavy atom. The van der Waals surface area contributed by atoms with Crippen LogP contribution >= 0.6 is 11.6 Å². The Morgan fingerprint density at radius 3 is 2.94 bits per heavy atom. The standard InChI is InChI=1S/C13H15ClFN/c1-9(8-16-11-3-4-11)6-10-2-5-13(15)12(14)7-10/h2,5-7,11,16H,3-4,8H2,1H3/b9-6-. The highest BCUT2D eigenvalue weighted by molar-refractivity contribution is 6.30. The van der Waals surface area contributed by atoms with Crippen molar-refractivity contribution in [1.29, 1.82) is 0 Å². The van der Waals surface area contributed by atoms with Crippen LogP contribution in [-0.2, 0) is 0 Å². The highest BCUT2D eigenvalue weighted by Gasteiger charge is 2.19. The average molecular weight is 240 g/mol. The van der Waals surface area contributed by atoms with Gasteiger partial charge in [0.1, 0.15) is 5.82 Å². The Kier molecular flexibility index (Phi) is 3.62. The SMILES string of the molecule is C/C(=C/c1ccc(F)c(Cl)c1)CNC1CC1. The molecular weight excluding hydrogens is 225 g/mol. The number of halogens is 2. The van der Waals surface area contributed by atoms with E-state index >= 15 is 0 Å². The van der Waals surface area contributed by atoms with Crippen LogP contribution in [0.3, 0.4) is 0 Å². The zero-order chi connectivity index (χ0) is 11.5. The van der Waals surface area contributed by atoms with Crippen molar-refractivity contribution in [2.24, 2.45) is 0 Å². The summed E-state index contributed by atoms with van der Waals surface area (Å²) in [7, 11) is 0. The molecule has 0 spiro atoms. The van der Waals surface area contributed by atoms with Gasteiger partial charge in [-0.15, -0.1) is 0 Å². The molecule has 1 N–H and O–H groups in total. The predicted octanol–water partition coefficient (Wildman–Crippen LogP) is 3.63. The molecule has 0 radical (unpaired) electrons. The molecular formula is C13H15ClFN. The first-order valence-electron chi connectivity index (χ1n) is 5.51. The molecule has 1 aliphatic carbocycles. The molecule has 0 saturated heterocycles. The van der Waals surface area contributed by atoms with Gasteiger partial charge in [-0.3, -0.25) is 0 Å². The molecule has 0 amide bonds. The summed E-state index contributed by atoms with van der Waals surface area (Å²) in [6.45, 7) is 2.95. The molecule has 1 aliphatic rings. The van der Waals surface area contributed by atoms with Crippen molar-refractivity contribution in [3.8, 4) is 0 Å². The third-order valence-electron chi connectivity index (χ3n) is 2.60. The third-order valence-corrected chi connectivity index (χ3v) is 2.89. The molecule has 1 saturated carbocycles. The topological polar surface area (TPSA) is 12.0 Å². The van der Waals surface area contributed by atoms with Crippen LogP contribution in [0.15, 0.2) is 23.8 Å². The van der Waals surface area contributed by atoms with Crippen LogP contribution in [0, 0.1) is 5.82 Å². The molecule has 0 bridgehead atoms. The third kappa shape index (κ3) is 3.32. The quantitative estimate of drug-likeness (QED) is 0.846. The predicted molar refractivity (Wildman–Crippen MR) is 66.1 cm³/mol. The highest BCUT2D eigenvalue weighted by atomic mass is 35.5. The Labute approximate surface area is 100 Å². The van der Waals surface area contributed by atoms with Crippen molar-refractivity contribution in [1.82, 2.24) is 5.32 Å². The molecule has 16 heavy (non-hydrogen) atoms. The maximum Gasteiger partial charge on any atom is 0.141 e. The first-order valence-corrected chi connectivity index (χ1v) is 5.88. The molecule has 0 heterocycles. The fourth-order valence-corrected chi connectivity index (χ4v) is 1.72. The number of rotatable bonds is 4. The van der Waals surface area contributed by atoms with Gasteiger partial charge in [0.25, 0.3) is 0 Å². The Balaban J connectivity index is 1.99. The molecule has 0 aromatic heterocycles. The Hall–Kier alpha value is -0.860. The molecule has 0 unspecified atom stereocenters. The van der Waals surface area contributed by atoms with Crippen molar-refractivity contribution in [2.45, 2.75) is 25.8 Å². The van der Waals surface area contributed by atoms with Crippen molar-refractivity contribution in [3.05, 3.63) is 40.2 Å². The zero-order valence-electron chi connectivity index (χ0n) is 9.26. The zero-order valence-corrected chi connectivity index (χ0v) is 10.0. The minimum absolute atomic E-state index is 0.178. The number of hydrogen-bond acceptors (Lipinski definition) is 1. The lowest BCUT2D eigenvalue weighted by atomic mass is 10.1. The van der Waals surface area contributed by atoms with Gasteiger partial charge < -0.3 is 5.32 Å². The van der Waals surface area contributed by atoms with Gasteiger partial charge in [-0.2, -0.15) is 0 Å². The molecule has 0 aliphatic heterocycles. The van der Waals surface area contributed by atoms with E-state index in [1.54, 1.807) is 12.1 Å². The molecule has 1 fully saturated rings. The maximum atomic E-state index is 12.9. The minimum atomic E-state index is -0.368. The summed E-state index contributed by atoms with van der Waals surface area (Å²) in [6.07, 6.45) is 4.60. The van der Waals surface area contributed by atoms with Crippen LogP contribution in [0.1, 0.15) is 25.3 Å². The summed E-state index contributed by atoms with van der Waals surface area (Å²) in [5, 5.41) is 3.60. The van der Waals surface area contributed by atoms with Crippen molar-refractivity contribution < 1.29 is 4.39 Å². The van der Waals surface area contributed by atoms with E-state index in [0.717, 1.165) is 12.1 Å². The summed E-state index contributed by atoms with van der Waals surface area (Å²) in [4.78, 5) is 0. The van der Waals surface area contributed by atoms with Crippen molar-refractivity contribution in [2.75, 3.05) is 6.54 Å². The summed E-state index contributed by atoms with van der Waals surface area (Å²) in [5.74, 6) is -0.368. The monoisotopic (exact) mass is 239 g/mol. The van der Waals surface area contributed by atoms with E-state index in [-0.39, 0.29) is 10.8 Å². The van der Waals surface area contributed by atoms with Gasteiger partial charge in [0.2, 0.25) is 0 Å². The lowest BCUT2D eigenvalue weighted by Gasteiger charge is -2.03. The lowest BCUT2D eigenvalue weighted by Crippen LogP contribution is -2.18. The second-order valence-corrected chi connectivity index (χ2v) is 4.73. The van der Waals surface area contributed by atoms with Crippen LogP contribution < -0.4 is 5.32 Å². The minimum Gasteiger partial charge on any atom is -0.310 e. The fraction of sp³-hybridized carbons (Fsp3) is 0.385. The van der Waals surface area contributed by atoms with Gasteiger partial charge in [-0.1, -0.05) is 29.3 Å². The number of benzene rings is 1. The van der Waals surface area contributed by atoms with Crippen LogP contribution in [0.2, 0.25) is 5.02 Å². The summed E-state index contributed by atoms with van der Waals surface area (Å²) < 4.78 is 12.9. The van der Waals surface area contributed by atoms with Crippen LogP contribution in [0.4, 0.5) is 4.39 Å². The van der Waals surface area contributed by atoms with Crippen LogP contribution in [-0.4, -0.2) is 12.6 Å².